The first-order valence-corrected chi connectivity index (χ1v) is 7.96. The molecule has 0 aliphatic rings. The van der Waals surface area contributed by atoms with E-state index in [2.05, 4.69) is 10.6 Å². The zero-order valence-corrected chi connectivity index (χ0v) is 14.3. The Morgan fingerprint density at radius 2 is 2.09 bits per heavy atom. The van der Waals surface area contributed by atoms with Crippen molar-refractivity contribution in [3.63, 3.8) is 0 Å². The molecule has 1 aromatic heterocycles. The third kappa shape index (κ3) is 5.08. The van der Waals surface area contributed by atoms with Gasteiger partial charge in [-0.2, -0.15) is 0 Å². The first-order valence-electron chi connectivity index (χ1n) is 6.68. The van der Waals surface area contributed by atoms with Crippen LogP contribution in [-0.2, 0) is 4.79 Å². The molecule has 0 saturated carbocycles. The normalized spacial score (nSPS) is 10.3. The molecule has 0 unspecified atom stereocenters. The van der Waals surface area contributed by atoms with Crippen molar-refractivity contribution < 1.29 is 14.3 Å². The molecule has 0 spiro atoms. The lowest BCUT2D eigenvalue weighted by molar-refractivity contribution is -0.115. The second-order valence-electron chi connectivity index (χ2n) is 4.36. The maximum Gasteiger partial charge on any atom is 0.250 e. The Morgan fingerprint density at radius 3 is 2.74 bits per heavy atom. The van der Waals surface area contributed by atoms with Crippen LogP contribution in [0.5, 0.6) is 11.5 Å². The van der Waals surface area contributed by atoms with Crippen molar-refractivity contribution in [3.05, 3.63) is 46.7 Å². The topological polar surface area (TPSA) is 59.6 Å². The summed E-state index contributed by atoms with van der Waals surface area (Å²) < 4.78 is 10.4. The maximum atomic E-state index is 11.8. The van der Waals surface area contributed by atoms with E-state index in [1.165, 1.54) is 6.08 Å². The van der Waals surface area contributed by atoms with Crippen molar-refractivity contribution in [3.8, 4) is 11.5 Å². The number of amides is 1. The number of ether oxygens (including phenoxy) is 2. The summed E-state index contributed by atoms with van der Waals surface area (Å²) in [5, 5.41) is 7.63. The van der Waals surface area contributed by atoms with Crippen LogP contribution in [0.1, 0.15) is 4.88 Å². The SMILES string of the molecule is COc1ccc(OC)c(NC(=S)NC(=O)C=Cc2cccs2)c1. The molecule has 0 bridgehead atoms. The third-order valence-corrected chi connectivity index (χ3v) is 3.88. The number of benzene rings is 1. The second kappa shape index (κ2) is 8.30. The van der Waals surface area contributed by atoms with Crippen molar-refractivity contribution >= 4 is 46.3 Å². The molecule has 2 aromatic rings. The smallest absolute Gasteiger partial charge is 0.250 e. The van der Waals surface area contributed by atoms with Crippen LogP contribution in [0.15, 0.2) is 41.8 Å². The molecule has 1 aromatic carbocycles. The molecule has 2 N–H and O–H groups in total. The summed E-state index contributed by atoms with van der Waals surface area (Å²) in [6.07, 6.45) is 3.16. The van der Waals surface area contributed by atoms with E-state index in [-0.39, 0.29) is 11.0 Å². The minimum atomic E-state index is -0.308. The van der Waals surface area contributed by atoms with Crippen LogP contribution in [0.3, 0.4) is 0 Å². The first kappa shape index (κ1) is 17.0. The van der Waals surface area contributed by atoms with Gasteiger partial charge in [0.25, 0.3) is 0 Å². The molecule has 1 amide bonds. The number of hydrogen-bond donors (Lipinski definition) is 2. The van der Waals surface area contributed by atoms with Crippen LogP contribution in [0.2, 0.25) is 0 Å². The molecule has 5 nitrogen and oxygen atoms in total. The summed E-state index contributed by atoms with van der Waals surface area (Å²) in [7, 11) is 3.12. The number of nitrogens with one attached hydrogen (secondary N) is 2. The van der Waals surface area contributed by atoms with Crippen LogP contribution in [0.25, 0.3) is 6.08 Å². The van der Waals surface area contributed by atoms with E-state index in [1.54, 1.807) is 49.8 Å². The summed E-state index contributed by atoms with van der Waals surface area (Å²) in [6, 6.07) is 9.10. The Bertz CT molecular complexity index is 712. The molecule has 0 aliphatic carbocycles. The Hall–Kier alpha value is -2.38. The standard InChI is InChI=1S/C16H16N2O3S2/c1-20-11-5-7-14(21-2)13(10-11)17-16(22)18-15(19)8-6-12-4-3-9-23-12/h3-10H,1-2H3,(H2,17,18,19,22). The zero-order chi connectivity index (χ0) is 16.7. The molecule has 2 rings (SSSR count). The van der Waals surface area contributed by atoms with Gasteiger partial charge in [0.1, 0.15) is 11.5 Å². The van der Waals surface area contributed by atoms with E-state index in [9.17, 15) is 4.79 Å². The van der Waals surface area contributed by atoms with Gasteiger partial charge in [-0.3, -0.25) is 10.1 Å². The van der Waals surface area contributed by atoms with Crippen molar-refractivity contribution in [2.24, 2.45) is 0 Å². The summed E-state index contributed by atoms with van der Waals surface area (Å²) >= 11 is 6.69. The van der Waals surface area contributed by atoms with Gasteiger partial charge in [0, 0.05) is 17.0 Å². The Balaban J connectivity index is 1.97. The third-order valence-electron chi connectivity index (χ3n) is 2.83. The molecule has 7 heteroatoms. The number of carbonyl (C=O) groups excluding carboxylic acids is 1. The van der Waals surface area contributed by atoms with Crippen molar-refractivity contribution in [2.75, 3.05) is 19.5 Å². The van der Waals surface area contributed by atoms with E-state index in [0.717, 1.165) is 4.88 Å². The van der Waals surface area contributed by atoms with Gasteiger partial charge in [0.2, 0.25) is 5.91 Å². The monoisotopic (exact) mass is 348 g/mol. The molecule has 1 heterocycles. The van der Waals surface area contributed by atoms with Gasteiger partial charge < -0.3 is 14.8 Å². The largest absolute Gasteiger partial charge is 0.497 e. The summed E-state index contributed by atoms with van der Waals surface area (Å²) in [6.45, 7) is 0. The Labute approximate surface area is 143 Å². The van der Waals surface area contributed by atoms with E-state index in [4.69, 9.17) is 21.7 Å². The average Bonchev–Trinajstić information content (AvgIpc) is 3.06. The number of methoxy groups -OCH3 is 2. The first-order chi connectivity index (χ1) is 11.1. The minimum Gasteiger partial charge on any atom is -0.497 e. The highest BCUT2D eigenvalue weighted by Gasteiger charge is 2.08. The highest BCUT2D eigenvalue weighted by molar-refractivity contribution is 7.80. The highest BCUT2D eigenvalue weighted by Crippen LogP contribution is 2.28. The molecule has 120 valence electrons. The van der Waals surface area contributed by atoms with Gasteiger partial charge in [-0.05, 0) is 41.9 Å². The van der Waals surface area contributed by atoms with E-state index in [0.29, 0.717) is 17.2 Å². The Kier molecular flexibility index (Phi) is 6.13. The van der Waals surface area contributed by atoms with E-state index in [1.807, 2.05) is 17.5 Å². The second-order valence-corrected chi connectivity index (χ2v) is 5.75. The lowest BCUT2D eigenvalue weighted by Gasteiger charge is -2.13. The van der Waals surface area contributed by atoms with Crippen LogP contribution < -0.4 is 20.1 Å². The lowest BCUT2D eigenvalue weighted by atomic mass is 10.2. The summed E-state index contributed by atoms with van der Waals surface area (Å²) in [5.74, 6) is 0.939. The number of carbonyl (C=O) groups is 1. The lowest BCUT2D eigenvalue weighted by Crippen LogP contribution is -2.32. The fourth-order valence-corrected chi connectivity index (χ4v) is 2.59. The van der Waals surface area contributed by atoms with Gasteiger partial charge in [-0.25, -0.2) is 0 Å². The predicted octanol–water partition coefficient (Wildman–Crippen LogP) is 3.29. The van der Waals surface area contributed by atoms with Gasteiger partial charge in [-0.15, -0.1) is 11.3 Å². The van der Waals surface area contributed by atoms with E-state index < -0.39 is 0 Å². The van der Waals surface area contributed by atoms with Crippen molar-refractivity contribution in [1.29, 1.82) is 0 Å². The zero-order valence-electron chi connectivity index (χ0n) is 12.7. The van der Waals surface area contributed by atoms with Crippen LogP contribution in [0, 0.1) is 0 Å². The van der Waals surface area contributed by atoms with Crippen molar-refractivity contribution in [2.45, 2.75) is 0 Å². The molecule has 0 saturated heterocycles. The molecule has 0 aliphatic heterocycles. The number of anilines is 1. The molecular formula is C16H16N2O3S2. The molecule has 23 heavy (non-hydrogen) atoms. The fourth-order valence-electron chi connectivity index (χ4n) is 1.76. The molecule has 0 atom stereocenters. The number of rotatable bonds is 5. The van der Waals surface area contributed by atoms with Gasteiger partial charge >= 0.3 is 0 Å². The van der Waals surface area contributed by atoms with Crippen LogP contribution >= 0.6 is 23.6 Å². The number of thiocarbonyl (C=S) groups is 1. The van der Waals surface area contributed by atoms with E-state index >= 15 is 0 Å². The fraction of sp³-hybridized carbons (Fsp3) is 0.125. The molecule has 0 fully saturated rings. The maximum absolute atomic E-state index is 11.8. The predicted molar refractivity (Wildman–Crippen MR) is 97.3 cm³/mol. The number of thiophene rings is 1. The molecular weight excluding hydrogens is 332 g/mol. The van der Waals surface area contributed by atoms with Gasteiger partial charge in [0.05, 0.1) is 19.9 Å². The van der Waals surface area contributed by atoms with Crippen LogP contribution in [-0.4, -0.2) is 25.2 Å². The summed E-state index contributed by atoms with van der Waals surface area (Å²) in [4.78, 5) is 12.8. The molecule has 0 radical (unpaired) electrons. The van der Waals surface area contributed by atoms with Gasteiger partial charge in [0.15, 0.2) is 5.11 Å². The van der Waals surface area contributed by atoms with Gasteiger partial charge in [-0.1, -0.05) is 6.07 Å². The highest BCUT2D eigenvalue weighted by atomic mass is 32.1. The quantitative estimate of drug-likeness (QED) is 0.641. The van der Waals surface area contributed by atoms with Crippen LogP contribution in [0.4, 0.5) is 5.69 Å². The minimum absolute atomic E-state index is 0.178. The van der Waals surface area contributed by atoms with Crippen molar-refractivity contribution in [1.82, 2.24) is 5.32 Å². The average molecular weight is 348 g/mol. The Morgan fingerprint density at radius 1 is 1.26 bits per heavy atom. The summed E-state index contributed by atoms with van der Waals surface area (Å²) in [5.41, 5.74) is 0.611. The number of hydrogen-bond acceptors (Lipinski definition) is 5.